The van der Waals surface area contributed by atoms with E-state index in [9.17, 15) is 0 Å². The van der Waals surface area contributed by atoms with Crippen molar-refractivity contribution in [3.63, 3.8) is 0 Å². The van der Waals surface area contributed by atoms with Crippen molar-refractivity contribution >= 4 is 0 Å². The minimum Gasteiger partial charge on any atom is -0.347 e. The van der Waals surface area contributed by atoms with Gasteiger partial charge in [0, 0.05) is 25.7 Å². The predicted octanol–water partition coefficient (Wildman–Crippen LogP) is 1.91. The molecule has 3 nitrogen and oxygen atoms in total. The molecular weight excluding hydrogens is 202 g/mol. The van der Waals surface area contributed by atoms with Gasteiger partial charge >= 0.3 is 0 Å². The number of rotatable bonds is 2. The molecule has 92 valence electrons. The van der Waals surface area contributed by atoms with Crippen molar-refractivity contribution in [2.45, 2.75) is 50.4 Å². The minimum atomic E-state index is -0.163. The molecule has 1 saturated carbocycles. The lowest BCUT2D eigenvalue weighted by Gasteiger charge is -2.31. The van der Waals surface area contributed by atoms with Crippen LogP contribution >= 0.6 is 0 Å². The van der Waals surface area contributed by atoms with E-state index in [1.165, 1.54) is 43.3 Å². The first-order chi connectivity index (χ1) is 7.70. The lowest BCUT2D eigenvalue weighted by Crippen LogP contribution is -2.47. The molecule has 16 heavy (non-hydrogen) atoms. The monoisotopic (exact) mass is 226 g/mol. The summed E-state index contributed by atoms with van der Waals surface area (Å²) < 4.78 is 13.3. The Balaban J connectivity index is 1.57. The number of quaternary nitrogens is 1. The molecule has 0 aromatic rings. The molecule has 2 aliphatic heterocycles. The van der Waals surface area contributed by atoms with Crippen LogP contribution in [0.25, 0.3) is 0 Å². The third-order valence-corrected chi connectivity index (χ3v) is 4.57. The molecule has 1 atom stereocenters. The summed E-state index contributed by atoms with van der Waals surface area (Å²) in [6, 6.07) is 0. The SMILES string of the molecule is C[N+]1(C[C@@H]2COC3(CCCC3)O2)CCCC1. The molecule has 3 aliphatic rings. The summed E-state index contributed by atoms with van der Waals surface area (Å²) in [6.07, 6.45) is 7.91. The maximum Gasteiger partial charge on any atom is 0.169 e. The number of hydrogen-bond donors (Lipinski definition) is 0. The average molecular weight is 226 g/mol. The van der Waals surface area contributed by atoms with Gasteiger partial charge in [-0.3, -0.25) is 0 Å². The van der Waals surface area contributed by atoms with E-state index in [0.29, 0.717) is 6.10 Å². The third-order valence-electron chi connectivity index (χ3n) is 4.57. The maximum absolute atomic E-state index is 6.20. The standard InChI is InChI=1S/C13H24NO2/c1-14(8-4-5-9-14)10-12-11-15-13(16-12)6-2-3-7-13/h12H,2-11H2,1H3/q+1/t12-/m1/s1. The van der Waals surface area contributed by atoms with E-state index in [1.807, 2.05) is 0 Å². The van der Waals surface area contributed by atoms with Crippen LogP contribution in [0.2, 0.25) is 0 Å². The van der Waals surface area contributed by atoms with Gasteiger partial charge in [0.1, 0.15) is 12.6 Å². The highest BCUT2D eigenvalue weighted by molar-refractivity contribution is 4.84. The first-order valence-electron chi connectivity index (χ1n) is 6.85. The first-order valence-corrected chi connectivity index (χ1v) is 6.85. The Morgan fingerprint density at radius 2 is 1.81 bits per heavy atom. The van der Waals surface area contributed by atoms with Crippen LogP contribution in [0.1, 0.15) is 38.5 Å². The largest absolute Gasteiger partial charge is 0.347 e. The van der Waals surface area contributed by atoms with Gasteiger partial charge in [-0.15, -0.1) is 0 Å². The van der Waals surface area contributed by atoms with Crippen LogP contribution in [0, 0.1) is 0 Å². The van der Waals surface area contributed by atoms with E-state index < -0.39 is 0 Å². The molecular formula is C13H24NO2+. The second-order valence-corrected chi connectivity index (χ2v) is 6.13. The van der Waals surface area contributed by atoms with Crippen LogP contribution in [-0.2, 0) is 9.47 Å². The second-order valence-electron chi connectivity index (χ2n) is 6.13. The molecule has 0 aromatic carbocycles. The highest BCUT2D eigenvalue weighted by atomic mass is 16.7. The van der Waals surface area contributed by atoms with Crippen LogP contribution < -0.4 is 0 Å². The molecule has 0 bridgehead atoms. The van der Waals surface area contributed by atoms with Crippen molar-refractivity contribution in [3.8, 4) is 0 Å². The van der Waals surface area contributed by atoms with Crippen molar-refractivity contribution < 1.29 is 14.0 Å². The summed E-state index contributed by atoms with van der Waals surface area (Å²) in [4.78, 5) is 0. The second kappa shape index (κ2) is 3.97. The molecule has 0 unspecified atom stereocenters. The maximum atomic E-state index is 6.20. The average Bonchev–Trinajstić information content (AvgIpc) is 2.93. The Morgan fingerprint density at radius 1 is 1.12 bits per heavy atom. The number of hydrogen-bond acceptors (Lipinski definition) is 2. The molecule has 0 N–H and O–H groups in total. The highest BCUT2D eigenvalue weighted by Gasteiger charge is 2.46. The van der Waals surface area contributed by atoms with E-state index in [4.69, 9.17) is 9.47 Å². The van der Waals surface area contributed by atoms with E-state index >= 15 is 0 Å². The van der Waals surface area contributed by atoms with Crippen LogP contribution in [0.15, 0.2) is 0 Å². The summed E-state index contributed by atoms with van der Waals surface area (Å²) in [7, 11) is 2.37. The first kappa shape index (κ1) is 11.0. The smallest absolute Gasteiger partial charge is 0.169 e. The molecule has 3 heteroatoms. The molecule has 0 amide bonds. The zero-order valence-electron chi connectivity index (χ0n) is 10.4. The summed E-state index contributed by atoms with van der Waals surface area (Å²) in [5, 5.41) is 0. The molecule has 3 fully saturated rings. The Labute approximate surface area is 98.3 Å². The number of likely N-dealkylation sites (N-methyl/N-ethyl adjacent to an activating group) is 1. The van der Waals surface area contributed by atoms with Gasteiger partial charge in [-0.2, -0.15) is 0 Å². The summed E-state index contributed by atoms with van der Waals surface area (Å²) in [5.41, 5.74) is 0. The van der Waals surface area contributed by atoms with Crippen LogP contribution in [0.4, 0.5) is 0 Å². The van der Waals surface area contributed by atoms with E-state index in [-0.39, 0.29) is 5.79 Å². The predicted molar refractivity (Wildman–Crippen MR) is 62.0 cm³/mol. The van der Waals surface area contributed by atoms with Crippen molar-refractivity contribution in [3.05, 3.63) is 0 Å². The van der Waals surface area contributed by atoms with Crippen LogP contribution in [0.5, 0.6) is 0 Å². The van der Waals surface area contributed by atoms with Gasteiger partial charge in [0.15, 0.2) is 5.79 Å². The Morgan fingerprint density at radius 3 is 2.50 bits per heavy atom. The highest BCUT2D eigenvalue weighted by Crippen LogP contribution is 2.39. The van der Waals surface area contributed by atoms with E-state index in [2.05, 4.69) is 7.05 Å². The Hall–Kier alpha value is -0.120. The quantitative estimate of drug-likeness (QED) is 0.670. The fraction of sp³-hybridized carbons (Fsp3) is 1.00. The Kier molecular flexibility index (Phi) is 2.73. The summed E-state index contributed by atoms with van der Waals surface area (Å²) >= 11 is 0. The fourth-order valence-electron chi connectivity index (χ4n) is 3.66. The van der Waals surface area contributed by atoms with Gasteiger partial charge in [-0.05, 0) is 12.8 Å². The minimum absolute atomic E-state index is 0.163. The van der Waals surface area contributed by atoms with Gasteiger partial charge in [0.2, 0.25) is 0 Å². The molecule has 1 spiro atoms. The Bertz CT molecular complexity index is 255. The zero-order valence-corrected chi connectivity index (χ0v) is 10.4. The molecule has 2 heterocycles. The zero-order chi connectivity index (χ0) is 11.1. The third kappa shape index (κ3) is 2.01. The van der Waals surface area contributed by atoms with Gasteiger partial charge in [-0.25, -0.2) is 0 Å². The lowest BCUT2D eigenvalue weighted by molar-refractivity contribution is -0.900. The number of nitrogens with zero attached hydrogens (tertiary/aromatic N) is 1. The summed E-state index contributed by atoms with van der Waals surface area (Å²) in [6.45, 7) is 4.63. The molecule has 0 radical (unpaired) electrons. The van der Waals surface area contributed by atoms with Gasteiger partial charge in [-0.1, -0.05) is 0 Å². The molecule has 1 aliphatic carbocycles. The fourth-order valence-corrected chi connectivity index (χ4v) is 3.66. The van der Waals surface area contributed by atoms with E-state index in [0.717, 1.165) is 26.0 Å². The normalized spacial score (nSPS) is 36.2. The van der Waals surface area contributed by atoms with Crippen molar-refractivity contribution in [2.24, 2.45) is 0 Å². The molecule has 3 rings (SSSR count). The number of ether oxygens (including phenoxy) is 2. The van der Waals surface area contributed by atoms with E-state index in [1.54, 1.807) is 0 Å². The lowest BCUT2D eigenvalue weighted by atomic mass is 10.2. The number of likely N-dealkylation sites (tertiary alicyclic amines) is 1. The summed E-state index contributed by atoms with van der Waals surface area (Å²) in [5.74, 6) is -0.163. The molecule has 2 saturated heterocycles. The van der Waals surface area contributed by atoms with Crippen LogP contribution in [-0.4, -0.2) is 49.7 Å². The topological polar surface area (TPSA) is 18.5 Å². The van der Waals surface area contributed by atoms with Gasteiger partial charge < -0.3 is 14.0 Å². The van der Waals surface area contributed by atoms with Crippen molar-refractivity contribution in [1.29, 1.82) is 0 Å². The van der Waals surface area contributed by atoms with Crippen molar-refractivity contribution in [1.82, 2.24) is 0 Å². The van der Waals surface area contributed by atoms with Gasteiger partial charge in [0.05, 0.1) is 26.7 Å². The van der Waals surface area contributed by atoms with Crippen molar-refractivity contribution in [2.75, 3.05) is 33.3 Å². The van der Waals surface area contributed by atoms with Gasteiger partial charge in [0.25, 0.3) is 0 Å². The van der Waals surface area contributed by atoms with Crippen LogP contribution in [0.3, 0.4) is 0 Å². The molecule has 0 aromatic heterocycles.